The molecule has 10 heteroatoms. The molecule has 55 heavy (non-hydrogen) atoms. The average Bonchev–Trinajstić information content (AvgIpc) is 3.13. The topological polar surface area (TPSA) is 125 Å². The molecule has 9 nitrogen and oxygen atoms in total. The van der Waals surface area contributed by atoms with Crippen LogP contribution >= 0.6 is 7.82 Å². The van der Waals surface area contributed by atoms with Gasteiger partial charge < -0.3 is 24.9 Å². The third kappa shape index (κ3) is 38.3. The van der Waals surface area contributed by atoms with E-state index in [9.17, 15) is 24.5 Å². The smallest absolute Gasteiger partial charge is 0.389 e. The largest absolute Gasteiger partial charge is 0.472 e. The number of nitrogens with zero attached hydrogens (tertiary/aromatic N) is 1. The second-order valence-electron chi connectivity index (χ2n) is 15.2. The number of hydrogen-bond donors (Lipinski definition) is 4. The van der Waals surface area contributed by atoms with Crippen LogP contribution in [0.25, 0.3) is 0 Å². The fourth-order valence-electron chi connectivity index (χ4n) is 5.32. The second kappa shape index (κ2) is 36.0. The lowest BCUT2D eigenvalue weighted by Gasteiger charge is -2.25. The summed E-state index contributed by atoms with van der Waals surface area (Å²) in [6, 6.07) is -0.975. The molecule has 4 atom stereocenters. The molecule has 0 aliphatic rings. The summed E-state index contributed by atoms with van der Waals surface area (Å²) >= 11 is 0. The molecule has 0 spiro atoms. The third-order valence-corrected chi connectivity index (χ3v) is 9.72. The van der Waals surface area contributed by atoms with Gasteiger partial charge in [0, 0.05) is 6.42 Å². The normalized spacial score (nSPS) is 15.9. The van der Waals surface area contributed by atoms with Crippen molar-refractivity contribution in [2.75, 3.05) is 40.9 Å². The van der Waals surface area contributed by atoms with E-state index in [1.54, 1.807) is 18.2 Å². The molecule has 4 N–H and O–H groups in total. The zero-order valence-electron chi connectivity index (χ0n) is 35.2. The van der Waals surface area contributed by atoms with Gasteiger partial charge in [-0.15, -0.1) is 0 Å². The van der Waals surface area contributed by atoms with E-state index in [1.807, 2.05) is 39.4 Å². The van der Waals surface area contributed by atoms with Gasteiger partial charge in [-0.25, -0.2) is 4.57 Å². The lowest BCUT2D eigenvalue weighted by atomic mass is 10.0. The number of unbranched alkanes of at least 4 members (excludes halogenated alkanes) is 11. The molecule has 0 aromatic rings. The number of aliphatic hydroxyl groups excluding tert-OH is 2. The van der Waals surface area contributed by atoms with E-state index in [-0.39, 0.29) is 19.4 Å². The van der Waals surface area contributed by atoms with Crippen LogP contribution in [0.2, 0.25) is 0 Å². The highest BCUT2D eigenvalue weighted by molar-refractivity contribution is 7.47. The number of rotatable bonds is 36. The van der Waals surface area contributed by atoms with Gasteiger partial charge in [0.15, 0.2) is 0 Å². The zero-order chi connectivity index (χ0) is 40.9. The summed E-state index contributed by atoms with van der Waals surface area (Å²) in [5.41, 5.74) is 0. The number of carbonyl (C=O) groups is 1. The van der Waals surface area contributed by atoms with E-state index in [1.165, 1.54) is 57.8 Å². The van der Waals surface area contributed by atoms with Crippen molar-refractivity contribution in [1.82, 2.24) is 5.32 Å². The molecule has 0 aliphatic heterocycles. The number of quaternary nitrogens is 1. The Morgan fingerprint density at radius 2 is 1.22 bits per heavy atom. The van der Waals surface area contributed by atoms with Crippen molar-refractivity contribution in [2.45, 2.75) is 154 Å². The van der Waals surface area contributed by atoms with E-state index in [0.29, 0.717) is 11.0 Å². The van der Waals surface area contributed by atoms with E-state index >= 15 is 0 Å². The van der Waals surface area contributed by atoms with Crippen LogP contribution in [0.15, 0.2) is 85.1 Å². The number of phosphoric acid groups is 1. The van der Waals surface area contributed by atoms with E-state index in [4.69, 9.17) is 9.05 Å². The molecular formula is C45H80N2O7P+. The fraction of sp³-hybridized carbons (Fsp3) is 0.667. The predicted octanol–water partition coefficient (Wildman–Crippen LogP) is 10.4. The van der Waals surface area contributed by atoms with Crippen LogP contribution in [0, 0.1) is 0 Å². The number of likely N-dealkylation sites (N-methyl/N-ethyl adjacent to an activating group) is 1. The molecule has 0 saturated heterocycles. The van der Waals surface area contributed by atoms with Crippen LogP contribution < -0.4 is 5.32 Å². The summed E-state index contributed by atoms with van der Waals surface area (Å²) in [4.78, 5) is 23.1. The number of hydrogen-bond acceptors (Lipinski definition) is 6. The highest BCUT2D eigenvalue weighted by Gasteiger charge is 2.28. The van der Waals surface area contributed by atoms with Crippen molar-refractivity contribution in [3.8, 4) is 0 Å². The summed E-state index contributed by atoms with van der Waals surface area (Å²) in [5, 5.41) is 24.0. The molecule has 2 unspecified atom stereocenters. The van der Waals surface area contributed by atoms with Crippen molar-refractivity contribution >= 4 is 13.7 Å². The summed E-state index contributed by atoms with van der Waals surface area (Å²) < 4.78 is 23.4. The maximum Gasteiger partial charge on any atom is 0.472 e. The second-order valence-corrected chi connectivity index (χ2v) is 16.6. The molecule has 316 valence electrons. The summed E-state index contributed by atoms with van der Waals surface area (Å²) in [6.45, 7) is 4.47. The van der Waals surface area contributed by atoms with Crippen LogP contribution in [0.5, 0.6) is 0 Å². The molecular weight excluding hydrogens is 711 g/mol. The van der Waals surface area contributed by atoms with Crippen LogP contribution in [-0.4, -0.2) is 84.6 Å². The first-order chi connectivity index (χ1) is 26.4. The van der Waals surface area contributed by atoms with E-state index in [0.717, 1.165) is 51.4 Å². The van der Waals surface area contributed by atoms with Gasteiger partial charge in [0.1, 0.15) is 13.2 Å². The minimum absolute atomic E-state index is 0.000364. The Balaban J connectivity index is 4.75. The first kappa shape index (κ1) is 52.6. The molecule has 0 aromatic heterocycles. The van der Waals surface area contributed by atoms with Gasteiger partial charge in [-0.05, 0) is 51.4 Å². The predicted molar refractivity (Wildman–Crippen MR) is 232 cm³/mol. The number of carbonyl (C=O) groups excluding carboxylic acids is 1. The van der Waals surface area contributed by atoms with E-state index < -0.39 is 38.6 Å². The zero-order valence-corrected chi connectivity index (χ0v) is 36.1. The van der Waals surface area contributed by atoms with Crippen LogP contribution in [-0.2, 0) is 18.4 Å². The molecule has 1 amide bonds. The molecule has 0 bridgehead atoms. The highest BCUT2D eigenvalue weighted by atomic mass is 31.2. The van der Waals surface area contributed by atoms with Gasteiger partial charge in [-0.2, -0.15) is 0 Å². The fourth-order valence-corrected chi connectivity index (χ4v) is 6.06. The number of amides is 1. The SMILES string of the molecule is CC/C=C\C/C=C\C/C=C\C/C=C\C/C=C\C=C/C(O)CCC(=O)N[C@@H](COP(=O)(O)OCC[N+](C)(C)C)[C@H](O)/C=C/CCCCCCCCCCCCC. The summed E-state index contributed by atoms with van der Waals surface area (Å²) in [6.07, 6.45) is 45.5. The van der Waals surface area contributed by atoms with Crippen molar-refractivity contribution in [2.24, 2.45) is 0 Å². The molecule has 0 rings (SSSR count). The first-order valence-corrected chi connectivity index (χ1v) is 22.6. The molecule has 0 aliphatic carbocycles. The van der Waals surface area contributed by atoms with Crippen molar-refractivity contribution in [1.29, 1.82) is 0 Å². The Bertz CT molecular complexity index is 1190. The number of allylic oxidation sites excluding steroid dienone is 12. The average molecular weight is 792 g/mol. The molecule has 0 fully saturated rings. The lowest BCUT2D eigenvalue weighted by molar-refractivity contribution is -0.870. The Morgan fingerprint density at radius 3 is 1.76 bits per heavy atom. The van der Waals surface area contributed by atoms with Gasteiger partial charge >= 0.3 is 7.82 Å². The van der Waals surface area contributed by atoms with Crippen molar-refractivity contribution in [3.05, 3.63) is 85.1 Å². The van der Waals surface area contributed by atoms with Crippen molar-refractivity contribution in [3.63, 3.8) is 0 Å². The minimum atomic E-state index is -4.41. The number of nitrogens with one attached hydrogen (secondary N) is 1. The van der Waals surface area contributed by atoms with Gasteiger partial charge in [-0.3, -0.25) is 13.8 Å². The Labute approximate surface area is 336 Å². The Morgan fingerprint density at radius 1 is 0.691 bits per heavy atom. The first-order valence-electron chi connectivity index (χ1n) is 21.1. The van der Waals surface area contributed by atoms with Crippen LogP contribution in [0.3, 0.4) is 0 Å². The van der Waals surface area contributed by atoms with Gasteiger partial charge in [0.05, 0.1) is 46.0 Å². The number of aliphatic hydroxyl groups is 2. The van der Waals surface area contributed by atoms with Crippen LogP contribution in [0.4, 0.5) is 0 Å². The molecule has 0 heterocycles. The number of phosphoric ester groups is 1. The summed E-state index contributed by atoms with van der Waals surface area (Å²) in [5.74, 6) is -0.410. The maximum absolute atomic E-state index is 12.8. The lowest BCUT2D eigenvalue weighted by Crippen LogP contribution is -2.45. The molecule has 0 radical (unpaired) electrons. The quantitative estimate of drug-likeness (QED) is 0.0164. The minimum Gasteiger partial charge on any atom is -0.389 e. The molecule has 0 aromatic carbocycles. The monoisotopic (exact) mass is 792 g/mol. The standard InChI is InChI=1S/C45H79N2O7P/c1-6-8-10-12-14-16-18-20-21-22-24-25-27-29-31-33-35-42(48)37-38-45(50)46-43(41-54-55(51,52)53-40-39-47(3,4)5)44(49)36-34-32-30-28-26-23-19-17-15-13-11-9-7-2/h8,10,14,16,20-21,24-25,29,31,33-36,42-44,48-49H,6-7,9,11-13,15,17-19,22-23,26-28,30,32,37-41H2,1-5H3,(H-,46,50,51,52)/p+1/b10-8-,16-14-,21-20-,25-24-,31-29-,35-33-,36-34+/t42?,43-,44+/m0/s1. The van der Waals surface area contributed by atoms with Gasteiger partial charge in [-0.1, -0.05) is 163 Å². The van der Waals surface area contributed by atoms with Crippen molar-refractivity contribution < 1.29 is 38.0 Å². The molecule has 0 saturated carbocycles. The Kier molecular flexibility index (Phi) is 34.5. The summed E-state index contributed by atoms with van der Waals surface area (Å²) in [7, 11) is 1.41. The van der Waals surface area contributed by atoms with Gasteiger partial charge in [0.25, 0.3) is 0 Å². The van der Waals surface area contributed by atoms with Gasteiger partial charge in [0.2, 0.25) is 5.91 Å². The third-order valence-electron chi connectivity index (χ3n) is 8.74. The van der Waals surface area contributed by atoms with Crippen LogP contribution in [0.1, 0.15) is 136 Å². The van der Waals surface area contributed by atoms with E-state index in [2.05, 4.69) is 67.8 Å². The Hall–Kier alpha value is -2.36. The maximum atomic E-state index is 12.8. The highest BCUT2D eigenvalue weighted by Crippen LogP contribution is 2.43.